The van der Waals surface area contributed by atoms with E-state index in [2.05, 4.69) is 25.9 Å². The van der Waals surface area contributed by atoms with E-state index in [1.54, 1.807) is 13.8 Å². The largest absolute Gasteiger partial charge is 0.456 e. The monoisotopic (exact) mass is 465 g/mol. The van der Waals surface area contributed by atoms with Gasteiger partial charge in [-0.15, -0.1) is 0 Å². The molecule has 2 amide bonds. The summed E-state index contributed by atoms with van der Waals surface area (Å²) < 4.78 is 56.1. The summed E-state index contributed by atoms with van der Waals surface area (Å²) in [5, 5.41) is 8.50. The number of benzene rings is 1. The van der Waals surface area contributed by atoms with Crippen LogP contribution < -0.4 is 16.0 Å². The van der Waals surface area contributed by atoms with Crippen LogP contribution in [0.5, 0.6) is 0 Å². The third-order valence-electron chi connectivity index (χ3n) is 5.21. The molecule has 1 fully saturated rings. The molecule has 32 heavy (non-hydrogen) atoms. The van der Waals surface area contributed by atoms with E-state index < -0.39 is 33.5 Å². The lowest BCUT2D eigenvalue weighted by Gasteiger charge is -2.14. The van der Waals surface area contributed by atoms with E-state index in [0.717, 1.165) is 6.07 Å². The molecule has 2 atom stereocenters. The van der Waals surface area contributed by atoms with Gasteiger partial charge < -0.3 is 20.4 Å². The maximum absolute atomic E-state index is 14.0. The van der Waals surface area contributed by atoms with Gasteiger partial charge in [0, 0.05) is 23.1 Å². The predicted octanol–water partition coefficient (Wildman–Crippen LogP) is 3.29. The molecular weight excluding hydrogens is 444 g/mol. The lowest BCUT2D eigenvalue weighted by molar-refractivity contribution is 0.247. The van der Waals surface area contributed by atoms with Crippen LogP contribution in [-0.2, 0) is 9.84 Å². The highest BCUT2D eigenvalue weighted by Gasteiger charge is 2.28. The smallest absolute Gasteiger partial charge is 0.319 e. The Morgan fingerprint density at radius 1 is 1.25 bits per heavy atom. The van der Waals surface area contributed by atoms with Crippen LogP contribution in [0.2, 0.25) is 0 Å². The molecule has 0 saturated carbocycles. The lowest BCUT2D eigenvalue weighted by Crippen LogP contribution is -2.31. The first-order valence-electron chi connectivity index (χ1n) is 9.86. The molecule has 3 aromatic rings. The number of urea groups is 1. The summed E-state index contributed by atoms with van der Waals surface area (Å²) in [6.07, 6.45) is 3.25. The second kappa shape index (κ2) is 8.34. The summed E-state index contributed by atoms with van der Waals surface area (Å²) in [5.74, 6) is -0.785. The number of sulfone groups is 1. The topological polar surface area (TPSA) is 126 Å². The molecule has 2 aromatic heterocycles. The zero-order chi connectivity index (χ0) is 23.0. The highest BCUT2D eigenvalue weighted by atomic mass is 32.2. The molecule has 1 aromatic carbocycles. The average molecular weight is 465 g/mol. The van der Waals surface area contributed by atoms with Gasteiger partial charge in [-0.2, -0.15) is 0 Å². The first-order valence-corrected chi connectivity index (χ1v) is 11.7. The van der Waals surface area contributed by atoms with E-state index in [0.29, 0.717) is 28.8 Å². The molecule has 0 bridgehead atoms. The number of fused-ring (bicyclic) bond motifs is 1. The lowest BCUT2D eigenvalue weighted by atomic mass is 10.1. The molecule has 0 unspecified atom stereocenters. The van der Waals surface area contributed by atoms with Crippen molar-refractivity contribution in [1.82, 2.24) is 15.3 Å². The summed E-state index contributed by atoms with van der Waals surface area (Å²) in [4.78, 5) is 20.5. The number of nitrogens with one attached hydrogen (secondary N) is 3. The van der Waals surface area contributed by atoms with Gasteiger partial charge in [0.1, 0.15) is 11.6 Å². The number of hydrogen-bond donors (Lipinski definition) is 3. The Bertz CT molecular complexity index is 1280. The Morgan fingerprint density at radius 3 is 2.62 bits per heavy atom. The molecule has 170 valence electrons. The summed E-state index contributed by atoms with van der Waals surface area (Å²) in [7, 11) is -3.02. The van der Waals surface area contributed by atoms with Gasteiger partial charge in [-0.3, -0.25) is 0 Å². The predicted molar refractivity (Wildman–Crippen MR) is 114 cm³/mol. The van der Waals surface area contributed by atoms with Crippen LogP contribution in [0.4, 0.5) is 25.2 Å². The van der Waals surface area contributed by atoms with Gasteiger partial charge in [-0.05, 0) is 26.3 Å². The van der Waals surface area contributed by atoms with Crippen molar-refractivity contribution >= 4 is 38.5 Å². The number of nitrogens with zero attached hydrogens (tertiary/aromatic N) is 2. The van der Waals surface area contributed by atoms with Crippen molar-refractivity contribution in [1.29, 1.82) is 0 Å². The molecule has 0 spiro atoms. The number of hydrogen-bond acceptors (Lipinski definition) is 7. The number of halogens is 2. The third kappa shape index (κ3) is 4.64. The Hall–Kier alpha value is -3.28. The molecule has 1 saturated heterocycles. The van der Waals surface area contributed by atoms with Crippen molar-refractivity contribution in [3.8, 4) is 0 Å². The summed E-state index contributed by atoms with van der Waals surface area (Å²) in [6, 6.07) is 0.477. The molecule has 9 nitrogen and oxygen atoms in total. The second-order valence-electron chi connectivity index (χ2n) is 7.72. The molecule has 1 aliphatic rings. The molecular formula is C20H21F2N5O4S. The van der Waals surface area contributed by atoms with Crippen LogP contribution in [0.25, 0.3) is 11.0 Å². The van der Waals surface area contributed by atoms with Crippen LogP contribution in [0.1, 0.15) is 30.7 Å². The van der Waals surface area contributed by atoms with Crippen molar-refractivity contribution in [2.45, 2.75) is 32.4 Å². The van der Waals surface area contributed by atoms with E-state index in [1.807, 2.05) is 0 Å². The van der Waals surface area contributed by atoms with Gasteiger partial charge >= 0.3 is 6.03 Å². The van der Waals surface area contributed by atoms with Crippen molar-refractivity contribution in [2.24, 2.45) is 0 Å². The number of aromatic nitrogens is 2. The molecule has 3 N–H and O–H groups in total. The van der Waals surface area contributed by atoms with E-state index in [1.165, 1.54) is 18.5 Å². The van der Waals surface area contributed by atoms with Crippen LogP contribution in [0, 0.1) is 18.6 Å². The summed E-state index contributed by atoms with van der Waals surface area (Å²) in [5.41, 5.74) is 0.770. The third-order valence-corrected chi connectivity index (χ3v) is 6.98. The van der Waals surface area contributed by atoms with Gasteiger partial charge in [0.15, 0.2) is 21.2 Å². The van der Waals surface area contributed by atoms with Crippen molar-refractivity contribution < 1.29 is 26.4 Å². The minimum absolute atomic E-state index is 0.0361. The fourth-order valence-corrected chi connectivity index (χ4v) is 5.34. The Labute approximate surface area is 182 Å². The Balaban J connectivity index is 1.38. The second-order valence-corrected chi connectivity index (χ2v) is 9.94. The van der Waals surface area contributed by atoms with Crippen LogP contribution in [-0.4, -0.2) is 42.0 Å². The SMILES string of the molecule is Cc1c([C@@H](C)NC(=O)Nc2cnc(N[C@@H]3CCS(=O)(=O)C3)nc2)oc2c(F)cc(F)cc12. The molecule has 4 rings (SSSR count). The summed E-state index contributed by atoms with van der Waals surface area (Å²) >= 11 is 0. The molecule has 3 heterocycles. The highest BCUT2D eigenvalue weighted by Crippen LogP contribution is 2.31. The van der Waals surface area contributed by atoms with E-state index in [-0.39, 0.29) is 29.1 Å². The molecule has 0 aliphatic carbocycles. The fraction of sp³-hybridized carbons (Fsp3) is 0.350. The molecule has 12 heteroatoms. The zero-order valence-corrected chi connectivity index (χ0v) is 18.1. The van der Waals surface area contributed by atoms with Gasteiger partial charge in [0.25, 0.3) is 0 Å². The van der Waals surface area contributed by atoms with Crippen molar-refractivity contribution in [3.63, 3.8) is 0 Å². The fourth-order valence-electron chi connectivity index (χ4n) is 3.66. The number of anilines is 2. The van der Waals surface area contributed by atoms with E-state index in [4.69, 9.17) is 4.42 Å². The normalized spacial score (nSPS) is 18.4. The number of carbonyl (C=O) groups is 1. The molecule has 1 aliphatic heterocycles. The van der Waals surface area contributed by atoms with E-state index >= 15 is 0 Å². The standard InChI is InChI=1S/C20H21F2N5O4S/c1-10-15-5-12(21)6-16(22)18(15)31-17(10)11(2)25-20(28)27-14-7-23-19(24-8-14)26-13-3-4-32(29,30)9-13/h5-8,11,13H,3-4,9H2,1-2H3,(H,23,24,26)(H2,25,27,28)/t11-,13-/m1/s1. The molecule has 0 radical (unpaired) electrons. The van der Waals surface area contributed by atoms with Crippen LogP contribution in [0.3, 0.4) is 0 Å². The Morgan fingerprint density at radius 2 is 1.97 bits per heavy atom. The minimum atomic E-state index is -3.02. The van der Waals surface area contributed by atoms with Gasteiger partial charge in [-0.1, -0.05) is 0 Å². The first-order chi connectivity index (χ1) is 15.1. The first kappa shape index (κ1) is 21.9. The number of carbonyl (C=O) groups excluding carboxylic acids is 1. The number of furan rings is 1. The van der Waals surface area contributed by atoms with Crippen LogP contribution >= 0.6 is 0 Å². The van der Waals surface area contributed by atoms with Gasteiger partial charge in [-0.25, -0.2) is 32.0 Å². The zero-order valence-electron chi connectivity index (χ0n) is 17.3. The summed E-state index contributed by atoms with van der Waals surface area (Å²) in [6.45, 7) is 3.31. The van der Waals surface area contributed by atoms with Gasteiger partial charge in [0.2, 0.25) is 5.95 Å². The number of rotatable bonds is 5. The van der Waals surface area contributed by atoms with Crippen molar-refractivity contribution in [2.75, 3.05) is 22.1 Å². The maximum atomic E-state index is 14.0. The quantitative estimate of drug-likeness (QED) is 0.528. The highest BCUT2D eigenvalue weighted by molar-refractivity contribution is 7.91. The number of aryl methyl sites for hydroxylation is 1. The van der Waals surface area contributed by atoms with E-state index in [9.17, 15) is 22.0 Å². The Kier molecular flexibility index (Phi) is 5.71. The minimum Gasteiger partial charge on any atom is -0.456 e. The van der Waals surface area contributed by atoms with Gasteiger partial charge in [0.05, 0.1) is 35.6 Å². The maximum Gasteiger partial charge on any atom is 0.319 e. The van der Waals surface area contributed by atoms with Crippen LogP contribution in [0.15, 0.2) is 28.9 Å². The van der Waals surface area contributed by atoms with Crippen molar-refractivity contribution in [3.05, 3.63) is 47.5 Å². The number of amides is 2. The average Bonchev–Trinajstić information content (AvgIpc) is 3.22.